The standard InChI is InChI=1S/C17H27N3/c1-3-20-10-9-19(12-14(20)2)13-16-6-4-5-15-11-18-8-7-17(15)16/h4-6,14,18H,3,7-13H2,1-2H3. The molecule has 1 saturated heterocycles. The second kappa shape index (κ2) is 6.25. The highest BCUT2D eigenvalue weighted by Crippen LogP contribution is 2.21. The average Bonchev–Trinajstić information content (AvgIpc) is 2.48. The summed E-state index contributed by atoms with van der Waals surface area (Å²) in [6.45, 7) is 12.7. The van der Waals surface area contributed by atoms with Crippen LogP contribution in [0.1, 0.15) is 30.5 Å². The van der Waals surface area contributed by atoms with E-state index in [9.17, 15) is 0 Å². The van der Waals surface area contributed by atoms with Gasteiger partial charge in [-0.2, -0.15) is 0 Å². The number of likely N-dealkylation sites (N-methyl/N-ethyl adjacent to an activating group) is 1. The van der Waals surface area contributed by atoms with Crippen LogP contribution >= 0.6 is 0 Å². The fourth-order valence-electron chi connectivity index (χ4n) is 3.68. The van der Waals surface area contributed by atoms with Gasteiger partial charge in [0.25, 0.3) is 0 Å². The molecule has 0 spiro atoms. The molecule has 0 aromatic heterocycles. The van der Waals surface area contributed by atoms with E-state index in [2.05, 4.69) is 47.2 Å². The van der Waals surface area contributed by atoms with Crippen molar-refractivity contribution in [3.63, 3.8) is 0 Å². The van der Waals surface area contributed by atoms with Crippen LogP contribution in [0.4, 0.5) is 0 Å². The number of benzene rings is 1. The molecule has 3 rings (SSSR count). The van der Waals surface area contributed by atoms with E-state index in [1.165, 1.54) is 38.2 Å². The van der Waals surface area contributed by atoms with Crippen molar-refractivity contribution in [3.8, 4) is 0 Å². The van der Waals surface area contributed by atoms with E-state index in [1.54, 1.807) is 11.1 Å². The summed E-state index contributed by atoms with van der Waals surface area (Å²) in [6, 6.07) is 7.53. The number of nitrogens with zero attached hydrogens (tertiary/aromatic N) is 2. The molecule has 1 aromatic carbocycles. The van der Waals surface area contributed by atoms with E-state index in [1.807, 2.05) is 0 Å². The summed E-state index contributed by atoms with van der Waals surface area (Å²) < 4.78 is 0. The molecule has 2 aliphatic rings. The van der Waals surface area contributed by atoms with Crippen LogP contribution in [0, 0.1) is 0 Å². The highest BCUT2D eigenvalue weighted by Gasteiger charge is 2.23. The van der Waals surface area contributed by atoms with Crippen molar-refractivity contribution in [2.75, 3.05) is 32.7 Å². The van der Waals surface area contributed by atoms with Crippen molar-refractivity contribution in [2.24, 2.45) is 0 Å². The molecule has 1 aromatic rings. The molecular formula is C17H27N3. The van der Waals surface area contributed by atoms with Gasteiger partial charge in [-0.1, -0.05) is 25.1 Å². The molecule has 3 heteroatoms. The van der Waals surface area contributed by atoms with Gasteiger partial charge in [-0.25, -0.2) is 0 Å². The molecule has 0 aliphatic carbocycles. The van der Waals surface area contributed by atoms with Gasteiger partial charge in [-0.15, -0.1) is 0 Å². The lowest BCUT2D eigenvalue weighted by Crippen LogP contribution is -2.51. The first-order valence-electron chi connectivity index (χ1n) is 8.04. The zero-order chi connectivity index (χ0) is 13.9. The minimum atomic E-state index is 0.690. The summed E-state index contributed by atoms with van der Waals surface area (Å²) in [6.07, 6.45) is 1.19. The van der Waals surface area contributed by atoms with Crippen molar-refractivity contribution in [2.45, 2.75) is 39.4 Å². The molecule has 1 N–H and O–H groups in total. The average molecular weight is 273 g/mol. The van der Waals surface area contributed by atoms with Gasteiger partial charge in [0.05, 0.1) is 0 Å². The molecule has 1 atom stereocenters. The normalized spacial score (nSPS) is 24.6. The highest BCUT2D eigenvalue weighted by molar-refractivity contribution is 5.37. The first-order valence-corrected chi connectivity index (χ1v) is 8.04. The van der Waals surface area contributed by atoms with Crippen LogP contribution in [0.25, 0.3) is 0 Å². The third kappa shape index (κ3) is 2.90. The Balaban J connectivity index is 1.69. The van der Waals surface area contributed by atoms with Gasteiger partial charge in [0, 0.05) is 38.8 Å². The number of piperazine rings is 1. The second-order valence-electron chi connectivity index (χ2n) is 6.19. The van der Waals surface area contributed by atoms with Gasteiger partial charge in [0.15, 0.2) is 0 Å². The van der Waals surface area contributed by atoms with Gasteiger partial charge < -0.3 is 5.32 Å². The molecular weight excluding hydrogens is 246 g/mol. The summed E-state index contributed by atoms with van der Waals surface area (Å²) in [5, 5.41) is 3.47. The van der Waals surface area contributed by atoms with E-state index in [4.69, 9.17) is 0 Å². The third-order valence-electron chi connectivity index (χ3n) is 4.89. The number of hydrogen-bond acceptors (Lipinski definition) is 3. The van der Waals surface area contributed by atoms with Crippen LogP contribution < -0.4 is 5.32 Å². The van der Waals surface area contributed by atoms with Gasteiger partial charge in [-0.3, -0.25) is 9.80 Å². The maximum absolute atomic E-state index is 3.47. The van der Waals surface area contributed by atoms with Crippen molar-refractivity contribution < 1.29 is 0 Å². The molecule has 1 fully saturated rings. The van der Waals surface area contributed by atoms with Crippen LogP contribution in [0.5, 0.6) is 0 Å². The van der Waals surface area contributed by atoms with Gasteiger partial charge in [-0.05, 0) is 43.1 Å². The Labute approximate surface area is 123 Å². The van der Waals surface area contributed by atoms with Gasteiger partial charge >= 0.3 is 0 Å². The molecule has 0 radical (unpaired) electrons. The Bertz CT molecular complexity index is 458. The second-order valence-corrected chi connectivity index (χ2v) is 6.19. The number of hydrogen-bond donors (Lipinski definition) is 1. The van der Waals surface area contributed by atoms with E-state index in [0.29, 0.717) is 6.04 Å². The summed E-state index contributed by atoms with van der Waals surface area (Å²) in [5.41, 5.74) is 4.67. The first kappa shape index (κ1) is 14.1. The number of fused-ring (bicyclic) bond motifs is 1. The fourth-order valence-corrected chi connectivity index (χ4v) is 3.68. The van der Waals surface area contributed by atoms with Gasteiger partial charge in [0.1, 0.15) is 0 Å². The lowest BCUT2D eigenvalue weighted by Gasteiger charge is -2.39. The highest BCUT2D eigenvalue weighted by atomic mass is 15.3. The minimum Gasteiger partial charge on any atom is -0.312 e. The molecule has 3 nitrogen and oxygen atoms in total. The predicted molar refractivity (Wildman–Crippen MR) is 83.8 cm³/mol. The SMILES string of the molecule is CCN1CCN(Cc2cccc3c2CCNC3)CC1C. The summed E-state index contributed by atoms with van der Waals surface area (Å²) in [4.78, 5) is 5.22. The predicted octanol–water partition coefficient (Wildman–Crippen LogP) is 1.86. The zero-order valence-electron chi connectivity index (χ0n) is 12.9. The van der Waals surface area contributed by atoms with E-state index in [-0.39, 0.29) is 0 Å². The Morgan fingerprint density at radius 2 is 2.20 bits per heavy atom. The lowest BCUT2D eigenvalue weighted by atomic mass is 9.95. The van der Waals surface area contributed by atoms with Crippen molar-refractivity contribution >= 4 is 0 Å². The summed E-state index contributed by atoms with van der Waals surface area (Å²) in [5.74, 6) is 0. The molecule has 0 saturated carbocycles. The Morgan fingerprint density at radius 3 is 3.00 bits per heavy atom. The molecule has 20 heavy (non-hydrogen) atoms. The van der Waals surface area contributed by atoms with Crippen molar-refractivity contribution in [1.29, 1.82) is 0 Å². The third-order valence-corrected chi connectivity index (χ3v) is 4.89. The van der Waals surface area contributed by atoms with Crippen LogP contribution in [-0.4, -0.2) is 48.6 Å². The van der Waals surface area contributed by atoms with E-state index < -0.39 is 0 Å². The van der Waals surface area contributed by atoms with Crippen LogP contribution in [-0.2, 0) is 19.5 Å². The van der Waals surface area contributed by atoms with E-state index in [0.717, 1.165) is 19.6 Å². The number of nitrogens with one attached hydrogen (secondary N) is 1. The Hall–Kier alpha value is -0.900. The zero-order valence-corrected chi connectivity index (χ0v) is 12.9. The number of rotatable bonds is 3. The fraction of sp³-hybridized carbons (Fsp3) is 0.647. The molecule has 1 unspecified atom stereocenters. The van der Waals surface area contributed by atoms with Crippen LogP contribution in [0.2, 0.25) is 0 Å². The van der Waals surface area contributed by atoms with Gasteiger partial charge in [0.2, 0.25) is 0 Å². The first-order chi connectivity index (χ1) is 9.78. The maximum Gasteiger partial charge on any atom is 0.0237 e. The van der Waals surface area contributed by atoms with Crippen LogP contribution in [0.15, 0.2) is 18.2 Å². The largest absolute Gasteiger partial charge is 0.312 e. The molecule has 2 heterocycles. The lowest BCUT2D eigenvalue weighted by molar-refractivity contribution is 0.0832. The van der Waals surface area contributed by atoms with E-state index >= 15 is 0 Å². The van der Waals surface area contributed by atoms with Crippen LogP contribution in [0.3, 0.4) is 0 Å². The van der Waals surface area contributed by atoms with Crippen molar-refractivity contribution in [3.05, 3.63) is 34.9 Å². The summed E-state index contributed by atoms with van der Waals surface area (Å²) in [7, 11) is 0. The smallest absolute Gasteiger partial charge is 0.0237 e. The quantitative estimate of drug-likeness (QED) is 0.907. The maximum atomic E-state index is 3.47. The molecule has 0 amide bonds. The monoisotopic (exact) mass is 273 g/mol. The molecule has 2 aliphatic heterocycles. The molecule has 110 valence electrons. The Kier molecular flexibility index (Phi) is 4.39. The molecule has 0 bridgehead atoms. The Morgan fingerprint density at radius 1 is 1.30 bits per heavy atom. The minimum absolute atomic E-state index is 0.690. The topological polar surface area (TPSA) is 18.5 Å². The summed E-state index contributed by atoms with van der Waals surface area (Å²) >= 11 is 0. The van der Waals surface area contributed by atoms with Crippen molar-refractivity contribution in [1.82, 2.24) is 15.1 Å².